The molecule has 0 aliphatic heterocycles. The molecule has 0 spiro atoms. The van der Waals surface area contributed by atoms with Gasteiger partial charge < -0.3 is 5.32 Å². The molecule has 1 aromatic rings. The van der Waals surface area contributed by atoms with E-state index in [9.17, 15) is 13.2 Å². The number of anilines is 2. The van der Waals surface area contributed by atoms with Crippen molar-refractivity contribution in [2.45, 2.75) is 20.3 Å². The Morgan fingerprint density at radius 2 is 2.06 bits per heavy atom. The van der Waals surface area contributed by atoms with Gasteiger partial charge in [-0.05, 0) is 24.6 Å². The van der Waals surface area contributed by atoms with Crippen molar-refractivity contribution in [2.24, 2.45) is 0 Å². The lowest BCUT2D eigenvalue weighted by Gasteiger charge is -2.10. The number of carbonyl (C=O) groups is 1. The van der Waals surface area contributed by atoms with Crippen LogP contribution in [0.3, 0.4) is 0 Å². The first kappa shape index (κ1) is 14.8. The quantitative estimate of drug-likeness (QED) is 0.874. The summed E-state index contributed by atoms with van der Waals surface area (Å²) in [6.07, 6.45) is 0.535. The molecule has 0 aliphatic rings. The minimum Gasteiger partial charge on any atom is -0.325 e. The van der Waals surface area contributed by atoms with Gasteiger partial charge in [-0.2, -0.15) is 0 Å². The second-order valence-electron chi connectivity index (χ2n) is 3.80. The van der Waals surface area contributed by atoms with E-state index in [1.807, 2.05) is 0 Å². The third-order valence-electron chi connectivity index (χ3n) is 2.03. The van der Waals surface area contributed by atoms with E-state index in [1.54, 1.807) is 19.1 Å². The second kappa shape index (κ2) is 6.06. The molecule has 0 bridgehead atoms. The van der Waals surface area contributed by atoms with Crippen molar-refractivity contribution >= 4 is 38.9 Å². The fourth-order valence-corrected chi connectivity index (χ4v) is 2.72. The summed E-state index contributed by atoms with van der Waals surface area (Å²) in [6, 6.07) is 4.55. The van der Waals surface area contributed by atoms with Crippen molar-refractivity contribution in [3.05, 3.63) is 23.2 Å². The van der Waals surface area contributed by atoms with Crippen LogP contribution in [0.25, 0.3) is 0 Å². The lowest BCUT2D eigenvalue weighted by atomic mass is 10.3. The summed E-state index contributed by atoms with van der Waals surface area (Å²) in [6.45, 7) is 3.15. The molecule has 7 heteroatoms. The lowest BCUT2D eigenvalue weighted by Crippen LogP contribution is -2.16. The molecule has 0 aromatic heterocycles. The minimum absolute atomic E-state index is 0.0536. The number of carbonyl (C=O) groups excluding carboxylic acids is 1. The molecule has 2 N–H and O–H groups in total. The summed E-state index contributed by atoms with van der Waals surface area (Å²) < 4.78 is 25.5. The summed E-state index contributed by atoms with van der Waals surface area (Å²) in [7, 11) is -3.33. The molecule has 0 unspecified atom stereocenters. The highest BCUT2D eigenvalue weighted by Gasteiger charge is 2.10. The summed E-state index contributed by atoms with van der Waals surface area (Å²) in [5, 5.41) is 2.82. The highest BCUT2D eigenvalue weighted by Crippen LogP contribution is 2.26. The standard InChI is InChI=1S/C11H15ClN2O3S/c1-3-6-18(16,17)14-9-4-5-11(10(12)7-9)13-8(2)15/h4-5,7,14H,3,6H2,1-2H3,(H,13,15). The molecule has 0 heterocycles. The zero-order valence-corrected chi connectivity index (χ0v) is 11.7. The highest BCUT2D eigenvalue weighted by molar-refractivity contribution is 7.92. The van der Waals surface area contributed by atoms with Crippen molar-refractivity contribution in [3.8, 4) is 0 Å². The first-order chi connectivity index (χ1) is 8.34. The predicted octanol–water partition coefficient (Wildman–Crippen LogP) is 2.45. The van der Waals surface area contributed by atoms with E-state index in [4.69, 9.17) is 11.6 Å². The van der Waals surface area contributed by atoms with Gasteiger partial charge in [0.15, 0.2) is 0 Å². The number of nitrogens with one attached hydrogen (secondary N) is 2. The Kier molecular flexibility index (Phi) is 4.98. The molecule has 0 saturated heterocycles. The number of halogens is 1. The fraction of sp³-hybridized carbons (Fsp3) is 0.364. The van der Waals surface area contributed by atoms with Gasteiger partial charge in [-0.25, -0.2) is 8.42 Å². The average Bonchev–Trinajstić information content (AvgIpc) is 2.20. The van der Waals surface area contributed by atoms with Gasteiger partial charge in [0.05, 0.1) is 22.2 Å². The monoisotopic (exact) mass is 290 g/mol. The minimum atomic E-state index is -3.33. The third kappa shape index (κ3) is 4.54. The number of hydrogen-bond acceptors (Lipinski definition) is 3. The topological polar surface area (TPSA) is 75.3 Å². The molecule has 1 aromatic carbocycles. The van der Waals surface area contributed by atoms with Crippen molar-refractivity contribution in [3.63, 3.8) is 0 Å². The average molecular weight is 291 g/mol. The Labute approximate surface area is 112 Å². The van der Waals surface area contributed by atoms with Crippen LogP contribution in [0, 0.1) is 0 Å². The van der Waals surface area contributed by atoms with E-state index in [2.05, 4.69) is 10.0 Å². The Morgan fingerprint density at radius 1 is 1.39 bits per heavy atom. The summed E-state index contributed by atoms with van der Waals surface area (Å²) >= 11 is 5.93. The van der Waals surface area contributed by atoms with E-state index in [0.29, 0.717) is 17.8 Å². The molecule has 0 fully saturated rings. The van der Waals surface area contributed by atoms with Crippen LogP contribution in [0.2, 0.25) is 5.02 Å². The first-order valence-electron chi connectivity index (χ1n) is 5.41. The Morgan fingerprint density at radius 3 is 2.56 bits per heavy atom. The van der Waals surface area contributed by atoms with Crippen LogP contribution in [-0.4, -0.2) is 20.1 Å². The lowest BCUT2D eigenvalue weighted by molar-refractivity contribution is -0.114. The predicted molar refractivity (Wildman–Crippen MR) is 73.5 cm³/mol. The molecular weight excluding hydrogens is 276 g/mol. The molecule has 1 amide bonds. The van der Waals surface area contributed by atoms with Crippen LogP contribution in [-0.2, 0) is 14.8 Å². The van der Waals surface area contributed by atoms with Gasteiger partial charge in [0, 0.05) is 6.92 Å². The van der Waals surface area contributed by atoms with Crippen LogP contribution in [0.15, 0.2) is 18.2 Å². The third-order valence-corrected chi connectivity index (χ3v) is 3.83. The molecule has 18 heavy (non-hydrogen) atoms. The maximum atomic E-state index is 11.6. The summed E-state index contributed by atoms with van der Waals surface area (Å²) in [5.41, 5.74) is 0.824. The zero-order valence-electron chi connectivity index (χ0n) is 10.2. The number of benzene rings is 1. The van der Waals surface area contributed by atoms with Crippen LogP contribution in [0.4, 0.5) is 11.4 Å². The van der Waals surface area contributed by atoms with E-state index in [-0.39, 0.29) is 16.7 Å². The van der Waals surface area contributed by atoms with E-state index in [0.717, 1.165) is 0 Å². The Balaban J connectivity index is 2.88. The van der Waals surface area contributed by atoms with Crippen molar-refractivity contribution in [1.29, 1.82) is 0 Å². The van der Waals surface area contributed by atoms with Gasteiger partial charge in [-0.1, -0.05) is 18.5 Å². The van der Waals surface area contributed by atoms with Crippen molar-refractivity contribution < 1.29 is 13.2 Å². The fourth-order valence-electron chi connectivity index (χ4n) is 1.37. The molecule has 0 atom stereocenters. The second-order valence-corrected chi connectivity index (χ2v) is 6.05. The number of hydrogen-bond donors (Lipinski definition) is 2. The normalized spacial score (nSPS) is 11.1. The summed E-state index contributed by atoms with van der Waals surface area (Å²) in [4.78, 5) is 10.9. The smallest absolute Gasteiger partial charge is 0.232 e. The summed E-state index contributed by atoms with van der Waals surface area (Å²) in [5.74, 6) is -0.186. The molecule has 0 saturated carbocycles. The largest absolute Gasteiger partial charge is 0.325 e. The molecule has 0 aliphatic carbocycles. The SMILES string of the molecule is CCCS(=O)(=O)Nc1ccc(NC(C)=O)c(Cl)c1. The molecule has 1 rings (SSSR count). The molecule has 100 valence electrons. The van der Waals surface area contributed by atoms with Crippen LogP contribution >= 0.6 is 11.6 Å². The van der Waals surface area contributed by atoms with Crippen LogP contribution in [0.1, 0.15) is 20.3 Å². The zero-order chi connectivity index (χ0) is 13.8. The van der Waals surface area contributed by atoms with Gasteiger partial charge >= 0.3 is 0 Å². The van der Waals surface area contributed by atoms with Crippen molar-refractivity contribution in [2.75, 3.05) is 15.8 Å². The molecule has 5 nitrogen and oxygen atoms in total. The van der Waals surface area contributed by atoms with Gasteiger partial charge in [0.2, 0.25) is 15.9 Å². The Bertz CT molecular complexity index is 543. The first-order valence-corrected chi connectivity index (χ1v) is 7.44. The van der Waals surface area contributed by atoms with Crippen LogP contribution < -0.4 is 10.0 Å². The Hall–Kier alpha value is -1.27. The highest BCUT2D eigenvalue weighted by atomic mass is 35.5. The van der Waals surface area contributed by atoms with E-state index >= 15 is 0 Å². The number of amides is 1. The van der Waals surface area contributed by atoms with Gasteiger partial charge in [-0.15, -0.1) is 0 Å². The van der Waals surface area contributed by atoms with E-state index < -0.39 is 10.0 Å². The van der Waals surface area contributed by atoms with Gasteiger partial charge in [-0.3, -0.25) is 9.52 Å². The maximum absolute atomic E-state index is 11.6. The number of sulfonamides is 1. The molecule has 0 radical (unpaired) electrons. The molecular formula is C11H15ClN2O3S. The van der Waals surface area contributed by atoms with Gasteiger partial charge in [0.25, 0.3) is 0 Å². The number of rotatable bonds is 5. The van der Waals surface area contributed by atoms with Crippen molar-refractivity contribution in [1.82, 2.24) is 0 Å². The van der Waals surface area contributed by atoms with Gasteiger partial charge in [0.1, 0.15) is 0 Å². The maximum Gasteiger partial charge on any atom is 0.232 e. The van der Waals surface area contributed by atoms with Crippen LogP contribution in [0.5, 0.6) is 0 Å². The van der Waals surface area contributed by atoms with E-state index in [1.165, 1.54) is 13.0 Å².